The monoisotopic (exact) mass is 799 g/mol. The molecule has 0 aliphatic carbocycles. The van der Waals surface area contributed by atoms with Gasteiger partial charge in [-0.1, -0.05) is 174 Å². The van der Waals surface area contributed by atoms with E-state index >= 15 is 0 Å². The van der Waals surface area contributed by atoms with Crippen molar-refractivity contribution in [2.75, 3.05) is 19.8 Å². The highest BCUT2D eigenvalue weighted by Gasteiger charge is 2.44. The Kier molecular flexibility index (Phi) is 35.3. The van der Waals surface area contributed by atoms with Crippen molar-refractivity contribution in [3.05, 3.63) is 12.2 Å². The summed E-state index contributed by atoms with van der Waals surface area (Å²) in [6.45, 7) is 3.43. The van der Waals surface area contributed by atoms with Crippen LogP contribution in [-0.2, 0) is 28.5 Å². The number of rotatable bonds is 39. The Bertz CT molecular complexity index is 928. The van der Waals surface area contributed by atoms with Crippen molar-refractivity contribution >= 4 is 11.9 Å². The third-order valence-electron chi connectivity index (χ3n) is 10.9. The van der Waals surface area contributed by atoms with Crippen LogP contribution in [0.15, 0.2) is 12.2 Å². The van der Waals surface area contributed by atoms with Crippen LogP contribution in [0.3, 0.4) is 0 Å². The highest BCUT2D eigenvalue weighted by molar-refractivity contribution is 5.70. The molecule has 0 amide bonds. The minimum atomic E-state index is -1.59. The second kappa shape index (κ2) is 37.7. The van der Waals surface area contributed by atoms with E-state index in [1.165, 1.54) is 128 Å². The van der Waals surface area contributed by atoms with Gasteiger partial charge in [0, 0.05) is 12.8 Å². The summed E-state index contributed by atoms with van der Waals surface area (Å²) in [5.74, 6) is -0.801. The quantitative estimate of drug-likeness (QED) is 0.0269. The predicted molar refractivity (Wildman–Crippen MR) is 224 cm³/mol. The zero-order valence-electron chi connectivity index (χ0n) is 35.9. The summed E-state index contributed by atoms with van der Waals surface area (Å²) in [7, 11) is 0. The summed E-state index contributed by atoms with van der Waals surface area (Å²) in [5.41, 5.74) is 0. The fraction of sp³-hybridized carbons (Fsp3) is 0.913. The van der Waals surface area contributed by atoms with Crippen molar-refractivity contribution in [3.63, 3.8) is 0 Å². The first-order chi connectivity index (χ1) is 27.3. The van der Waals surface area contributed by atoms with Gasteiger partial charge < -0.3 is 39.4 Å². The molecule has 1 aliphatic rings. The number of carbonyl (C=O) groups excluding carboxylic acids is 2. The second-order valence-corrected chi connectivity index (χ2v) is 16.2. The van der Waals surface area contributed by atoms with E-state index in [0.717, 1.165) is 51.4 Å². The molecule has 0 saturated carbocycles. The van der Waals surface area contributed by atoms with E-state index < -0.39 is 49.4 Å². The van der Waals surface area contributed by atoms with E-state index in [1.54, 1.807) is 0 Å². The van der Waals surface area contributed by atoms with Crippen molar-refractivity contribution in [3.8, 4) is 0 Å². The molecule has 0 aromatic rings. The SMILES string of the molecule is CCCCCC/C=C/CCCCCCCCCC(=O)OC[C@H](CO[C@@H]1O[C@H](CO)[C@H](O)C(O)C1O)OC(=O)CCCCCCCCCCCCCCCCCC. The van der Waals surface area contributed by atoms with Crippen LogP contribution in [0.1, 0.15) is 213 Å². The number of hydrogen-bond donors (Lipinski definition) is 4. The van der Waals surface area contributed by atoms with Crippen LogP contribution in [-0.4, -0.2) is 89.0 Å². The fourth-order valence-corrected chi connectivity index (χ4v) is 7.18. The maximum Gasteiger partial charge on any atom is 0.306 e. The van der Waals surface area contributed by atoms with Gasteiger partial charge in [0.2, 0.25) is 0 Å². The van der Waals surface area contributed by atoms with E-state index in [2.05, 4.69) is 26.0 Å². The third kappa shape index (κ3) is 28.8. The number of unbranched alkanes of at least 4 members (excludes halogenated alkanes) is 26. The molecule has 0 aromatic heterocycles. The smallest absolute Gasteiger partial charge is 0.306 e. The molecule has 10 heteroatoms. The van der Waals surface area contributed by atoms with Gasteiger partial charge in [-0.3, -0.25) is 9.59 Å². The Hall–Kier alpha value is -1.56. The minimum absolute atomic E-state index is 0.214. The standard InChI is InChI=1S/C46H86O10/c1-3-5-7-9-11-13-15-17-19-21-23-25-27-29-31-33-35-42(49)55-39(38-54-46-45(52)44(51)43(50)40(36-47)56-46)37-53-41(48)34-32-30-28-26-24-22-20-18-16-14-12-10-8-6-4-2/h14,16,39-40,43-47,50-52H,3-13,15,17-38H2,1-2H3/b16-14+/t39-,40-,43+,44?,45?,46-/m1/s1. The summed E-state index contributed by atoms with van der Waals surface area (Å²) in [6.07, 6.45) is 32.1. The van der Waals surface area contributed by atoms with E-state index in [0.29, 0.717) is 6.42 Å². The number of aliphatic hydroxyl groups excluding tert-OH is 4. The average molecular weight is 799 g/mol. The highest BCUT2D eigenvalue weighted by Crippen LogP contribution is 2.23. The lowest BCUT2D eigenvalue weighted by molar-refractivity contribution is -0.305. The summed E-state index contributed by atoms with van der Waals surface area (Å²) in [6, 6.07) is 0. The van der Waals surface area contributed by atoms with E-state index in [1.807, 2.05) is 0 Å². The summed E-state index contributed by atoms with van der Waals surface area (Å²) < 4.78 is 22.2. The summed E-state index contributed by atoms with van der Waals surface area (Å²) >= 11 is 0. The molecular weight excluding hydrogens is 712 g/mol. The van der Waals surface area contributed by atoms with Crippen molar-refractivity contribution in [2.24, 2.45) is 0 Å². The topological polar surface area (TPSA) is 152 Å². The number of aliphatic hydroxyl groups is 4. The molecule has 0 radical (unpaired) electrons. The van der Waals surface area contributed by atoms with Crippen LogP contribution in [0.4, 0.5) is 0 Å². The number of allylic oxidation sites excluding steroid dienone is 2. The lowest BCUT2D eigenvalue weighted by Crippen LogP contribution is -2.59. The normalized spacial score (nSPS) is 20.4. The van der Waals surface area contributed by atoms with E-state index in [9.17, 15) is 30.0 Å². The van der Waals surface area contributed by atoms with Gasteiger partial charge in [-0.25, -0.2) is 0 Å². The summed E-state index contributed by atoms with van der Waals surface area (Å²) in [5, 5.41) is 40.1. The molecule has 4 N–H and O–H groups in total. The molecule has 6 atom stereocenters. The van der Waals surface area contributed by atoms with Crippen molar-refractivity contribution in [1.29, 1.82) is 0 Å². The van der Waals surface area contributed by atoms with Gasteiger partial charge in [0.05, 0.1) is 13.2 Å². The van der Waals surface area contributed by atoms with Crippen LogP contribution in [0.5, 0.6) is 0 Å². The Morgan fingerprint density at radius 3 is 1.41 bits per heavy atom. The van der Waals surface area contributed by atoms with Gasteiger partial charge >= 0.3 is 11.9 Å². The van der Waals surface area contributed by atoms with Gasteiger partial charge in [-0.2, -0.15) is 0 Å². The molecule has 1 saturated heterocycles. The van der Waals surface area contributed by atoms with Crippen LogP contribution in [0.2, 0.25) is 0 Å². The predicted octanol–water partition coefficient (Wildman–Crippen LogP) is 9.95. The van der Waals surface area contributed by atoms with E-state index in [4.69, 9.17) is 18.9 Å². The largest absolute Gasteiger partial charge is 0.462 e. The molecule has 1 rings (SSSR count). The maximum absolute atomic E-state index is 12.8. The molecule has 0 spiro atoms. The Labute approximate surface area is 341 Å². The molecule has 330 valence electrons. The summed E-state index contributed by atoms with van der Waals surface area (Å²) in [4.78, 5) is 25.3. The van der Waals surface area contributed by atoms with E-state index in [-0.39, 0.29) is 32.0 Å². The number of carbonyl (C=O) groups is 2. The third-order valence-corrected chi connectivity index (χ3v) is 10.9. The van der Waals surface area contributed by atoms with Gasteiger partial charge in [0.1, 0.15) is 31.0 Å². The first-order valence-electron chi connectivity index (χ1n) is 23.3. The van der Waals surface area contributed by atoms with Crippen molar-refractivity contribution in [1.82, 2.24) is 0 Å². The molecule has 1 aliphatic heterocycles. The lowest BCUT2D eigenvalue weighted by Gasteiger charge is -2.39. The van der Waals surface area contributed by atoms with Gasteiger partial charge in [0.15, 0.2) is 12.4 Å². The van der Waals surface area contributed by atoms with Crippen LogP contribution in [0.25, 0.3) is 0 Å². The zero-order valence-corrected chi connectivity index (χ0v) is 35.9. The maximum atomic E-state index is 12.8. The second-order valence-electron chi connectivity index (χ2n) is 16.2. The number of esters is 2. The van der Waals surface area contributed by atoms with Gasteiger partial charge in [-0.05, 0) is 38.5 Å². The average Bonchev–Trinajstić information content (AvgIpc) is 3.19. The lowest BCUT2D eigenvalue weighted by atomic mass is 9.99. The highest BCUT2D eigenvalue weighted by atomic mass is 16.7. The molecule has 1 heterocycles. The number of ether oxygens (including phenoxy) is 4. The van der Waals surface area contributed by atoms with Crippen LogP contribution in [0, 0.1) is 0 Å². The Morgan fingerprint density at radius 2 is 0.946 bits per heavy atom. The Morgan fingerprint density at radius 1 is 0.536 bits per heavy atom. The Balaban J connectivity index is 2.31. The first-order valence-corrected chi connectivity index (χ1v) is 23.3. The zero-order chi connectivity index (χ0) is 40.9. The molecule has 1 fully saturated rings. The fourth-order valence-electron chi connectivity index (χ4n) is 7.18. The minimum Gasteiger partial charge on any atom is -0.462 e. The molecule has 10 nitrogen and oxygen atoms in total. The number of hydrogen-bond acceptors (Lipinski definition) is 10. The van der Waals surface area contributed by atoms with Crippen molar-refractivity contribution < 1.29 is 49.0 Å². The molecular formula is C46H86O10. The van der Waals surface area contributed by atoms with Gasteiger partial charge in [-0.15, -0.1) is 0 Å². The molecule has 2 unspecified atom stereocenters. The first kappa shape index (κ1) is 52.5. The molecule has 56 heavy (non-hydrogen) atoms. The van der Waals surface area contributed by atoms with Crippen LogP contribution < -0.4 is 0 Å². The van der Waals surface area contributed by atoms with Gasteiger partial charge in [0.25, 0.3) is 0 Å². The van der Waals surface area contributed by atoms with Crippen LogP contribution >= 0.6 is 0 Å². The van der Waals surface area contributed by atoms with Crippen molar-refractivity contribution in [2.45, 2.75) is 250 Å². The molecule has 0 aromatic carbocycles. The molecule has 0 bridgehead atoms.